The number of methoxy groups -OCH3 is 1. The van der Waals surface area contributed by atoms with Gasteiger partial charge in [-0.05, 0) is 33.6 Å². The second-order valence-electron chi connectivity index (χ2n) is 2.66. The number of hydrogen-bond acceptors (Lipinski definition) is 2. The minimum Gasteiger partial charge on any atom is -0.496 e. The van der Waals surface area contributed by atoms with Gasteiger partial charge in [0.05, 0.1) is 11.6 Å². The highest BCUT2D eigenvalue weighted by Crippen LogP contribution is 2.27. The molecule has 1 aromatic rings. The highest BCUT2D eigenvalue weighted by molar-refractivity contribution is 9.10. The predicted molar refractivity (Wildman–Crippen MR) is 57.8 cm³/mol. The zero-order valence-corrected chi connectivity index (χ0v) is 9.04. The fraction of sp³-hybridized carbons (Fsp3) is 0.200. The Hall–Kier alpha value is -0.800. The van der Waals surface area contributed by atoms with Crippen LogP contribution in [0.1, 0.15) is 11.6 Å². The maximum Gasteiger partial charge on any atom is 0.133 e. The normalized spacial score (nSPS) is 12.2. The average molecular weight is 242 g/mol. The molecule has 0 saturated carbocycles. The lowest BCUT2D eigenvalue weighted by molar-refractivity contribution is 0.412. The highest BCUT2D eigenvalue weighted by atomic mass is 79.9. The fourth-order valence-corrected chi connectivity index (χ4v) is 1.58. The molecule has 2 nitrogen and oxygen atoms in total. The van der Waals surface area contributed by atoms with Crippen molar-refractivity contribution in [3.63, 3.8) is 0 Å². The Balaban J connectivity index is 3.02. The van der Waals surface area contributed by atoms with Crippen molar-refractivity contribution < 1.29 is 4.74 Å². The molecular formula is C10H12BrNO. The summed E-state index contributed by atoms with van der Waals surface area (Å²) in [6, 6.07) is 5.62. The van der Waals surface area contributed by atoms with Gasteiger partial charge in [-0.3, -0.25) is 0 Å². The van der Waals surface area contributed by atoms with Crippen LogP contribution in [0.25, 0.3) is 0 Å². The van der Waals surface area contributed by atoms with Crippen molar-refractivity contribution in [2.45, 2.75) is 6.04 Å². The summed E-state index contributed by atoms with van der Waals surface area (Å²) < 4.78 is 6.01. The van der Waals surface area contributed by atoms with E-state index >= 15 is 0 Å². The largest absolute Gasteiger partial charge is 0.496 e. The summed E-state index contributed by atoms with van der Waals surface area (Å²) in [5, 5.41) is 0. The van der Waals surface area contributed by atoms with Crippen molar-refractivity contribution in [1.82, 2.24) is 0 Å². The summed E-state index contributed by atoms with van der Waals surface area (Å²) in [7, 11) is 1.63. The molecule has 0 fully saturated rings. The van der Waals surface area contributed by atoms with Gasteiger partial charge in [0, 0.05) is 6.04 Å². The predicted octanol–water partition coefficient (Wildman–Crippen LogP) is 2.64. The molecule has 70 valence electrons. The van der Waals surface area contributed by atoms with Gasteiger partial charge < -0.3 is 10.5 Å². The molecule has 2 N–H and O–H groups in total. The summed E-state index contributed by atoms with van der Waals surface area (Å²) in [6.45, 7) is 3.64. The Bertz CT molecular complexity index is 312. The number of rotatable bonds is 3. The van der Waals surface area contributed by atoms with Crippen LogP contribution in [-0.4, -0.2) is 7.11 Å². The lowest BCUT2D eigenvalue weighted by Crippen LogP contribution is -2.06. The molecule has 0 radical (unpaired) electrons. The van der Waals surface area contributed by atoms with Gasteiger partial charge in [-0.1, -0.05) is 12.1 Å². The number of halogens is 1. The molecule has 0 aliphatic heterocycles. The van der Waals surface area contributed by atoms with Gasteiger partial charge >= 0.3 is 0 Å². The first kappa shape index (κ1) is 10.3. The SMILES string of the molecule is C=C[C@H](N)c1ccc(OC)c(Br)c1. The molecule has 0 amide bonds. The molecule has 0 heterocycles. The van der Waals surface area contributed by atoms with Crippen molar-refractivity contribution in [3.05, 3.63) is 40.9 Å². The van der Waals surface area contributed by atoms with E-state index in [9.17, 15) is 0 Å². The summed E-state index contributed by atoms with van der Waals surface area (Å²) >= 11 is 3.39. The summed E-state index contributed by atoms with van der Waals surface area (Å²) in [5.74, 6) is 0.806. The molecule has 1 rings (SSSR count). The van der Waals surface area contributed by atoms with Crippen LogP contribution < -0.4 is 10.5 Å². The minimum absolute atomic E-state index is 0.123. The zero-order chi connectivity index (χ0) is 9.84. The first-order chi connectivity index (χ1) is 6.19. The van der Waals surface area contributed by atoms with Gasteiger partial charge in [-0.25, -0.2) is 0 Å². The molecule has 1 atom stereocenters. The van der Waals surface area contributed by atoms with Crippen LogP contribution in [0.15, 0.2) is 35.3 Å². The Kier molecular flexibility index (Phi) is 3.51. The molecule has 0 bridgehead atoms. The van der Waals surface area contributed by atoms with E-state index in [0.717, 1.165) is 15.8 Å². The fourth-order valence-electron chi connectivity index (χ4n) is 1.03. The number of nitrogens with two attached hydrogens (primary N) is 1. The van der Waals surface area contributed by atoms with Crippen molar-refractivity contribution in [1.29, 1.82) is 0 Å². The third-order valence-electron chi connectivity index (χ3n) is 1.81. The zero-order valence-electron chi connectivity index (χ0n) is 7.46. The molecule has 0 aliphatic carbocycles. The standard InChI is InChI=1S/C10H12BrNO/c1-3-9(12)7-4-5-10(13-2)8(11)6-7/h3-6,9H,1,12H2,2H3/t9-/m0/s1. The van der Waals surface area contributed by atoms with E-state index in [2.05, 4.69) is 22.5 Å². The summed E-state index contributed by atoms with van der Waals surface area (Å²) in [4.78, 5) is 0. The second kappa shape index (κ2) is 4.44. The van der Waals surface area contributed by atoms with E-state index < -0.39 is 0 Å². The quantitative estimate of drug-likeness (QED) is 0.827. The maximum absolute atomic E-state index is 5.77. The van der Waals surface area contributed by atoms with Crippen molar-refractivity contribution >= 4 is 15.9 Å². The van der Waals surface area contributed by atoms with E-state index in [0.29, 0.717) is 0 Å². The second-order valence-corrected chi connectivity index (χ2v) is 3.51. The van der Waals surface area contributed by atoms with Crippen LogP contribution in [-0.2, 0) is 0 Å². The van der Waals surface area contributed by atoms with Gasteiger partial charge in [0.15, 0.2) is 0 Å². The van der Waals surface area contributed by atoms with Crippen LogP contribution in [0.3, 0.4) is 0 Å². The van der Waals surface area contributed by atoms with Gasteiger partial charge in [0.2, 0.25) is 0 Å². The smallest absolute Gasteiger partial charge is 0.133 e. The molecule has 1 aromatic carbocycles. The molecular weight excluding hydrogens is 230 g/mol. The van der Waals surface area contributed by atoms with Crippen LogP contribution in [0.4, 0.5) is 0 Å². The minimum atomic E-state index is -0.123. The van der Waals surface area contributed by atoms with Gasteiger partial charge in [-0.2, -0.15) is 0 Å². The molecule has 0 aromatic heterocycles. The molecule has 0 saturated heterocycles. The van der Waals surface area contributed by atoms with Crippen LogP contribution >= 0.6 is 15.9 Å². The molecule has 13 heavy (non-hydrogen) atoms. The number of benzene rings is 1. The van der Waals surface area contributed by atoms with E-state index in [1.807, 2.05) is 18.2 Å². The maximum atomic E-state index is 5.77. The topological polar surface area (TPSA) is 35.2 Å². The average Bonchev–Trinajstić information content (AvgIpc) is 2.16. The Morgan fingerprint density at radius 1 is 1.62 bits per heavy atom. The molecule has 0 aliphatic rings. The van der Waals surface area contributed by atoms with Crippen molar-refractivity contribution in [3.8, 4) is 5.75 Å². The Morgan fingerprint density at radius 2 is 2.31 bits per heavy atom. The number of hydrogen-bond donors (Lipinski definition) is 1. The summed E-state index contributed by atoms with van der Waals surface area (Å²) in [5.41, 5.74) is 6.79. The van der Waals surface area contributed by atoms with E-state index in [-0.39, 0.29) is 6.04 Å². The Labute approximate surface area is 86.5 Å². The monoisotopic (exact) mass is 241 g/mol. The van der Waals surface area contributed by atoms with E-state index in [4.69, 9.17) is 10.5 Å². The lowest BCUT2D eigenvalue weighted by atomic mass is 10.1. The van der Waals surface area contributed by atoms with Crippen molar-refractivity contribution in [2.75, 3.05) is 7.11 Å². The summed E-state index contributed by atoms with van der Waals surface area (Å²) in [6.07, 6.45) is 1.70. The molecule has 0 unspecified atom stereocenters. The van der Waals surface area contributed by atoms with Crippen LogP contribution in [0.2, 0.25) is 0 Å². The van der Waals surface area contributed by atoms with Gasteiger partial charge in [0.1, 0.15) is 5.75 Å². The van der Waals surface area contributed by atoms with E-state index in [1.54, 1.807) is 13.2 Å². The first-order valence-electron chi connectivity index (χ1n) is 3.90. The highest BCUT2D eigenvalue weighted by Gasteiger charge is 2.04. The van der Waals surface area contributed by atoms with Gasteiger partial charge in [0.25, 0.3) is 0 Å². The molecule has 3 heteroatoms. The third kappa shape index (κ3) is 2.32. The van der Waals surface area contributed by atoms with Gasteiger partial charge in [-0.15, -0.1) is 6.58 Å². The van der Waals surface area contributed by atoms with Crippen molar-refractivity contribution in [2.24, 2.45) is 5.73 Å². The Morgan fingerprint density at radius 3 is 2.77 bits per heavy atom. The number of ether oxygens (including phenoxy) is 1. The first-order valence-corrected chi connectivity index (χ1v) is 4.70. The third-order valence-corrected chi connectivity index (χ3v) is 2.43. The van der Waals surface area contributed by atoms with Crippen LogP contribution in [0, 0.1) is 0 Å². The lowest BCUT2D eigenvalue weighted by Gasteiger charge is -2.09. The van der Waals surface area contributed by atoms with Crippen LogP contribution in [0.5, 0.6) is 5.75 Å². The molecule has 0 spiro atoms. The van der Waals surface area contributed by atoms with E-state index in [1.165, 1.54) is 0 Å².